The van der Waals surface area contributed by atoms with Crippen LogP contribution in [0.4, 0.5) is 5.82 Å². The summed E-state index contributed by atoms with van der Waals surface area (Å²) in [6.45, 7) is 11.9. The van der Waals surface area contributed by atoms with Crippen LogP contribution in [0.15, 0.2) is 23.8 Å². The summed E-state index contributed by atoms with van der Waals surface area (Å²) < 4.78 is 6.65. The lowest BCUT2D eigenvalue weighted by Gasteiger charge is -2.35. The smallest absolute Gasteiger partial charge is 0.255 e. The van der Waals surface area contributed by atoms with Crippen molar-refractivity contribution in [1.82, 2.24) is 25.1 Å². The number of nitrogens with zero attached hydrogens (tertiary/aromatic N) is 6. The van der Waals surface area contributed by atoms with Crippen molar-refractivity contribution in [1.29, 1.82) is 0 Å². The second kappa shape index (κ2) is 10.6. The van der Waals surface area contributed by atoms with Gasteiger partial charge in [-0.15, -0.1) is 11.3 Å². The number of hydrogen-bond acceptors (Lipinski definition) is 11. The fourth-order valence-electron chi connectivity index (χ4n) is 4.54. The van der Waals surface area contributed by atoms with E-state index < -0.39 is 12.4 Å². The highest BCUT2D eigenvalue weighted by molar-refractivity contribution is 7.19. The van der Waals surface area contributed by atoms with Crippen molar-refractivity contribution < 1.29 is 14.6 Å². The van der Waals surface area contributed by atoms with Crippen molar-refractivity contribution in [2.45, 2.75) is 25.9 Å². The molecule has 5 heterocycles. The highest BCUT2D eigenvalue weighted by Crippen LogP contribution is 2.37. The molecule has 2 fully saturated rings. The van der Waals surface area contributed by atoms with E-state index in [2.05, 4.69) is 33.6 Å². The number of rotatable bonds is 6. The van der Waals surface area contributed by atoms with Gasteiger partial charge in [0, 0.05) is 63.1 Å². The number of fused-ring (bicyclic) bond motifs is 1. The minimum Gasteiger partial charge on any atom is -0.379 e. The number of aromatic nitrogens is 2. The third-order valence-electron chi connectivity index (χ3n) is 6.73. The second-order valence-electron chi connectivity index (χ2n) is 9.07. The number of aryl methyl sites for hydroxylation is 1. The molecule has 2 atom stereocenters. The van der Waals surface area contributed by atoms with E-state index in [0.717, 1.165) is 59.9 Å². The predicted octanol–water partition coefficient (Wildman–Crippen LogP) is 0.285. The Kier molecular flexibility index (Phi) is 7.30. The number of carbonyl (C=O) groups is 1. The fraction of sp³-hybridized carbons (Fsp3) is 0.500. The number of aliphatic hydroxyl groups is 1. The summed E-state index contributed by atoms with van der Waals surface area (Å²) in [5, 5.41) is 12.8. The molecule has 11 nitrogen and oxygen atoms in total. The molecule has 3 aliphatic heterocycles. The number of allylic oxidation sites excluding steroid dienone is 1. The average molecular weight is 513 g/mol. The number of aliphatic imine (C=N–C) groups is 1. The van der Waals surface area contributed by atoms with Gasteiger partial charge >= 0.3 is 0 Å². The molecule has 1 amide bonds. The van der Waals surface area contributed by atoms with Gasteiger partial charge in [0.2, 0.25) is 0 Å². The van der Waals surface area contributed by atoms with Crippen molar-refractivity contribution in [2.24, 2.45) is 10.7 Å². The van der Waals surface area contributed by atoms with Crippen LogP contribution in [0.2, 0.25) is 0 Å². The van der Waals surface area contributed by atoms with Crippen molar-refractivity contribution in [2.75, 3.05) is 57.4 Å². The molecule has 12 heteroatoms. The number of aliphatic hydroxyl groups excluding tert-OH is 1. The first-order valence-electron chi connectivity index (χ1n) is 12.1. The van der Waals surface area contributed by atoms with Crippen LogP contribution < -0.4 is 16.0 Å². The zero-order valence-electron chi connectivity index (χ0n) is 20.4. The highest BCUT2D eigenvalue weighted by Gasteiger charge is 2.27. The summed E-state index contributed by atoms with van der Waals surface area (Å²) in [5.74, 6) is 1.26. The first-order valence-corrected chi connectivity index (χ1v) is 13.0. The third kappa shape index (κ3) is 5.00. The van der Waals surface area contributed by atoms with E-state index in [1.165, 1.54) is 11.0 Å². The van der Waals surface area contributed by atoms with Crippen LogP contribution in [0.25, 0.3) is 15.8 Å². The third-order valence-corrected chi connectivity index (χ3v) is 7.99. The topological polar surface area (TPSA) is 132 Å². The fourth-order valence-corrected chi connectivity index (χ4v) is 5.85. The molecule has 36 heavy (non-hydrogen) atoms. The normalized spacial score (nSPS) is 21.9. The zero-order chi connectivity index (χ0) is 25.2. The lowest BCUT2D eigenvalue weighted by Crippen LogP contribution is -2.50. The van der Waals surface area contributed by atoms with Crippen LogP contribution in [0, 0.1) is 6.92 Å². The van der Waals surface area contributed by atoms with Crippen molar-refractivity contribution in [3.8, 4) is 0 Å². The van der Waals surface area contributed by atoms with Gasteiger partial charge in [-0.1, -0.05) is 12.7 Å². The lowest BCUT2D eigenvalue weighted by molar-refractivity contribution is -0.139. The molecule has 0 aromatic carbocycles. The molecule has 192 valence electrons. The van der Waals surface area contributed by atoms with Crippen LogP contribution in [-0.4, -0.2) is 102 Å². The number of hydrogen-bond donors (Lipinski definition) is 3. The standard InChI is InChI=1S/C24H32N8O3S/c1-3-17(33)23(34)32-6-4-30(5-7-32)14-18-15(2)19-20(36-18)22(31-8-10-35-11-9-31)29-21(28-19)16-12-26-24(25)27-13-16/h3,12-13,17,24,26,33H,1,4-11,14,25H2,2H3/t17-,24?/m0/s1. The maximum absolute atomic E-state index is 12.3. The molecule has 2 aromatic heterocycles. The van der Waals surface area contributed by atoms with E-state index in [9.17, 15) is 9.90 Å². The number of anilines is 1. The summed E-state index contributed by atoms with van der Waals surface area (Å²) in [7, 11) is 0. The molecular weight excluding hydrogens is 480 g/mol. The molecule has 0 spiro atoms. The highest BCUT2D eigenvalue weighted by atomic mass is 32.1. The largest absolute Gasteiger partial charge is 0.379 e. The van der Waals surface area contributed by atoms with Crippen molar-refractivity contribution in [3.63, 3.8) is 0 Å². The Morgan fingerprint density at radius 2 is 2.06 bits per heavy atom. The number of thiophene rings is 1. The van der Waals surface area contributed by atoms with Gasteiger partial charge in [-0.05, 0) is 12.5 Å². The first kappa shape index (κ1) is 24.8. The van der Waals surface area contributed by atoms with E-state index in [4.69, 9.17) is 20.4 Å². The predicted molar refractivity (Wildman–Crippen MR) is 141 cm³/mol. The van der Waals surface area contributed by atoms with Gasteiger partial charge in [-0.2, -0.15) is 0 Å². The number of piperazine rings is 1. The Morgan fingerprint density at radius 3 is 2.72 bits per heavy atom. The average Bonchev–Trinajstić information content (AvgIpc) is 3.23. The van der Waals surface area contributed by atoms with Crippen LogP contribution in [0.3, 0.4) is 0 Å². The van der Waals surface area contributed by atoms with Gasteiger partial charge in [0.15, 0.2) is 24.0 Å². The monoisotopic (exact) mass is 512 g/mol. The van der Waals surface area contributed by atoms with E-state index in [0.29, 0.717) is 32.1 Å². The number of nitrogens with one attached hydrogen (secondary N) is 1. The number of morpholine rings is 1. The quantitative estimate of drug-likeness (QED) is 0.467. The Bertz CT molecular complexity index is 1200. The minimum absolute atomic E-state index is 0.281. The molecule has 4 N–H and O–H groups in total. The van der Waals surface area contributed by atoms with Gasteiger partial charge in [-0.25, -0.2) is 9.97 Å². The summed E-state index contributed by atoms with van der Waals surface area (Å²) in [5.41, 5.74) is 8.71. The number of nitrogens with two attached hydrogens (primary N) is 1. The second-order valence-corrected chi connectivity index (χ2v) is 10.2. The van der Waals surface area contributed by atoms with Gasteiger partial charge < -0.3 is 25.0 Å². The number of carbonyl (C=O) groups excluding carboxylic acids is 1. The molecule has 0 bridgehead atoms. The number of amides is 1. The summed E-state index contributed by atoms with van der Waals surface area (Å²) in [4.78, 5) is 34.0. The van der Waals surface area contributed by atoms with Crippen LogP contribution >= 0.6 is 11.3 Å². The molecule has 0 saturated carbocycles. The van der Waals surface area contributed by atoms with E-state index >= 15 is 0 Å². The molecular formula is C24H32N8O3S. The Morgan fingerprint density at radius 1 is 1.31 bits per heavy atom. The van der Waals surface area contributed by atoms with Crippen LogP contribution in [0.5, 0.6) is 0 Å². The SMILES string of the molecule is C=C[C@H](O)C(=O)N1CCN(Cc2sc3c(N4CCOCC4)nc(C4=CNC(N)N=C4)nc3c2C)CC1. The first-order chi connectivity index (χ1) is 17.4. The van der Waals surface area contributed by atoms with Crippen LogP contribution in [-0.2, 0) is 16.1 Å². The zero-order valence-corrected chi connectivity index (χ0v) is 21.2. The van der Waals surface area contributed by atoms with E-state index in [1.807, 2.05) is 6.20 Å². The van der Waals surface area contributed by atoms with Gasteiger partial charge in [-0.3, -0.25) is 20.4 Å². The van der Waals surface area contributed by atoms with Crippen LogP contribution in [0.1, 0.15) is 16.3 Å². The molecule has 0 aliphatic carbocycles. The summed E-state index contributed by atoms with van der Waals surface area (Å²) >= 11 is 1.74. The maximum atomic E-state index is 12.3. The number of ether oxygens (including phenoxy) is 1. The maximum Gasteiger partial charge on any atom is 0.255 e. The molecule has 2 saturated heterocycles. The molecule has 3 aliphatic rings. The van der Waals surface area contributed by atoms with Crippen molar-refractivity contribution >= 4 is 45.1 Å². The summed E-state index contributed by atoms with van der Waals surface area (Å²) in [6.07, 6.45) is 3.22. The Hall–Kier alpha value is -2.90. The Balaban J connectivity index is 1.42. The van der Waals surface area contributed by atoms with E-state index in [-0.39, 0.29) is 5.91 Å². The van der Waals surface area contributed by atoms with Gasteiger partial charge in [0.05, 0.1) is 29.0 Å². The van der Waals surface area contributed by atoms with Gasteiger partial charge in [0.1, 0.15) is 0 Å². The molecule has 2 aromatic rings. The molecule has 0 radical (unpaired) electrons. The minimum atomic E-state index is -1.14. The summed E-state index contributed by atoms with van der Waals surface area (Å²) in [6, 6.07) is 0. The molecule has 1 unspecified atom stereocenters. The lowest BCUT2D eigenvalue weighted by atomic mass is 10.2. The van der Waals surface area contributed by atoms with Gasteiger partial charge in [0.25, 0.3) is 5.91 Å². The Labute approximate surface area is 213 Å². The molecule has 5 rings (SSSR count). The van der Waals surface area contributed by atoms with E-state index in [1.54, 1.807) is 22.5 Å². The van der Waals surface area contributed by atoms with Crippen molar-refractivity contribution in [3.05, 3.63) is 35.1 Å².